The smallest absolute Gasteiger partial charge is 0.298 e. The van der Waals surface area contributed by atoms with Crippen molar-refractivity contribution in [2.24, 2.45) is 0 Å². The molecule has 3 aromatic rings. The highest BCUT2D eigenvalue weighted by Crippen LogP contribution is 2.36. The average molecular weight is 440 g/mol. The van der Waals surface area contributed by atoms with E-state index in [0.29, 0.717) is 28.0 Å². The molecule has 0 aliphatic carbocycles. The van der Waals surface area contributed by atoms with Gasteiger partial charge in [-0.05, 0) is 77.5 Å². The number of carbonyl (C=O) groups is 2. The lowest BCUT2D eigenvalue weighted by Crippen LogP contribution is -2.27. The summed E-state index contributed by atoms with van der Waals surface area (Å²) in [5.41, 5.74) is 2.11. The third-order valence-corrected chi connectivity index (χ3v) is 5.50. The maximum atomic E-state index is 12.9. The summed E-state index contributed by atoms with van der Waals surface area (Å²) in [6.07, 6.45) is 1.67. The number of hydrogen-bond acceptors (Lipinski definition) is 4. The number of anilines is 1. The van der Waals surface area contributed by atoms with E-state index in [1.165, 1.54) is 12.1 Å². The summed E-state index contributed by atoms with van der Waals surface area (Å²) < 4.78 is 18.6. The molecule has 2 amide bonds. The summed E-state index contributed by atoms with van der Waals surface area (Å²) >= 11 is 6.77. The van der Waals surface area contributed by atoms with Crippen molar-refractivity contribution in [1.82, 2.24) is 0 Å². The van der Waals surface area contributed by atoms with Crippen LogP contribution >= 0.6 is 23.4 Å². The van der Waals surface area contributed by atoms with Crippen molar-refractivity contribution in [1.29, 1.82) is 0 Å². The summed E-state index contributed by atoms with van der Waals surface area (Å²) in [7, 11) is 0. The van der Waals surface area contributed by atoms with Crippen LogP contribution in [0.2, 0.25) is 5.02 Å². The number of ether oxygens (including phenoxy) is 1. The van der Waals surface area contributed by atoms with E-state index in [-0.39, 0.29) is 17.0 Å². The lowest BCUT2D eigenvalue weighted by molar-refractivity contribution is -0.113. The quantitative estimate of drug-likeness (QED) is 0.438. The summed E-state index contributed by atoms with van der Waals surface area (Å²) in [5, 5.41) is 0.177. The van der Waals surface area contributed by atoms with Gasteiger partial charge in [0, 0.05) is 5.02 Å². The lowest BCUT2D eigenvalue weighted by atomic mass is 10.2. The van der Waals surface area contributed by atoms with Crippen LogP contribution in [-0.2, 0) is 11.4 Å². The number of hydrogen-bond donors (Lipinski definition) is 0. The Bertz CT molecular complexity index is 1110. The third-order valence-electron chi connectivity index (χ3n) is 4.38. The molecule has 4 rings (SSSR count). The van der Waals surface area contributed by atoms with Crippen molar-refractivity contribution in [3.05, 3.63) is 99.7 Å². The Kier molecular flexibility index (Phi) is 5.88. The molecule has 0 N–H and O–H groups in total. The van der Waals surface area contributed by atoms with Gasteiger partial charge in [0.05, 0.1) is 10.6 Å². The van der Waals surface area contributed by atoms with Gasteiger partial charge in [0.2, 0.25) is 0 Å². The van der Waals surface area contributed by atoms with E-state index in [9.17, 15) is 14.0 Å². The SMILES string of the molecule is O=C1S/C(=C/c2ccc(OCc3ccc(F)cc3)cc2)C(=O)N1c1ccc(Cl)cc1. The van der Waals surface area contributed by atoms with Crippen molar-refractivity contribution in [2.75, 3.05) is 4.90 Å². The first-order valence-corrected chi connectivity index (χ1v) is 10.2. The number of carbonyl (C=O) groups excluding carboxylic acids is 2. The molecule has 30 heavy (non-hydrogen) atoms. The van der Waals surface area contributed by atoms with Crippen LogP contribution in [-0.4, -0.2) is 11.1 Å². The van der Waals surface area contributed by atoms with Crippen LogP contribution in [0.4, 0.5) is 14.9 Å². The molecule has 0 atom stereocenters. The molecule has 0 saturated carbocycles. The largest absolute Gasteiger partial charge is 0.489 e. The van der Waals surface area contributed by atoms with E-state index in [4.69, 9.17) is 16.3 Å². The Labute approximate surface area is 181 Å². The molecule has 0 aromatic heterocycles. The number of nitrogens with zero attached hydrogens (tertiary/aromatic N) is 1. The number of halogens is 2. The van der Waals surface area contributed by atoms with Gasteiger partial charge in [0.25, 0.3) is 11.1 Å². The van der Waals surface area contributed by atoms with Gasteiger partial charge in [-0.2, -0.15) is 0 Å². The van der Waals surface area contributed by atoms with Crippen LogP contribution in [0.1, 0.15) is 11.1 Å². The highest BCUT2D eigenvalue weighted by molar-refractivity contribution is 8.19. The molecule has 0 bridgehead atoms. The van der Waals surface area contributed by atoms with Crippen molar-refractivity contribution in [3.63, 3.8) is 0 Å². The Morgan fingerprint density at radius 3 is 2.27 bits per heavy atom. The molecule has 150 valence electrons. The van der Waals surface area contributed by atoms with Crippen molar-refractivity contribution in [3.8, 4) is 5.75 Å². The first-order chi connectivity index (χ1) is 14.5. The Balaban J connectivity index is 1.44. The monoisotopic (exact) mass is 439 g/mol. The standard InChI is InChI=1S/C23H15ClFNO3S/c24-17-5-9-19(10-6-17)26-22(27)21(30-23(26)28)13-15-3-11-20(12-4-15)29-14-16-1-7-18(25)8-2-16/h1-13H,14H2/b21-13+. The molecule has 1 saturated heterocycles. The van der Waals surface area contributed by atoms with E-state index in [0.717, 1.165) is 27.8 Å². The van der Waals surface area contributed by atoms with Crippen LogP contribution in [0.15, 0.2) is 77.7 Å². The molecular weight excluding hydrogens is 425 g/mol. The van der Waals surface area contributed by atoms with Crippen molar-refractivity contribution in [2.45, 2.75) is 6.61 Å². The zero-order valence-corrected chi connectivity index (χ0v) is 17.1. The van der Waals surface area contributed by atoms with E-state index >= 15 is 0 Å². The van der Waals surface area contributed by atoms with Gasteiger partial charge in [-0.25, -0.2) is 9.29 Å². The molecule has 1 fully saturated rings. The van der Waals surface area contributed by atoms with Gasteiger partial charge in [-0.1, -0.05) is 35.9 Å². The van der Waals surface area contributed by atoms with Crippen LogP contribution in [0.25, 0.3) is 6.08 Å². The average Bonchev–Trinajstić information content (AvgIpc) is 3.02. The normalized spacial score (nSPS) is 15.1. The number of amides is 2. The summed E-state index contributed by atoms with van der Waals surface area (Å²) in [5.74, 6) is -0.0155. The summed E-state index contributed by atoms with van der Waals surface area (Å²) in [6, 6.07) is 19.8. The molecule has 7 heteroatoms. The minimum absolute atomic E-state index is 0.288. The zero-order valence-electron chi connectivity index (χ0n) is 15.5. The molecule has 3 aromatic carbocycles. The Morgan fingerprint density at radius 1 is 0.933 bits per heavy atom. The number of thioether (sulfide) groups is 1. The second kappa shape index (κ2) is 8.73. The van der Waals surface area contributed by atoms with E-state index in [1.54, 1.807) is 66.7 Å². The molecule has 4 nitrogen and oxygen atoms in total. The molecule has 1 aliphatic rings. The second-order valence-corrected chi connectivity index (χ2v) is 7.91. The Morgan fingerprint density at radius 2 is 1.60 bits per heavy atom. The summed E-state index contributed by atoms with van der Waals surface area (Å²) in [4.78, 5) is 26.5. The van der Waals surface area contributed by atoms with Gasteiger partial charge in [0.15, 0.2) is 0 Å². The first kappa shape index (κ1) is 20.2. The maximum absolute atomic E-state index is 12.9. The maximum Gasteiger partial charge on any atom is 0.298 e. The van der Waals surface area contributed by atoms with Gasteiger partial charge < -0.3 is 4.74 Å². The topological polar surface area (TPSA) is 46.6 Å². The predicted molar refractivity (Wildman–Crippen MR) is 117 cm³/mol. The Hall–Kier alpha value is -3.09. The predicted octanol–water partition coefficient (Wildman–Crippen LogP) is 6.30. The van der Waals surface area contributed by atoms with Crippen LogP contribution in [0, 0.1) is 5.82 Å². The van der Waals surface area contributed by atoms with Gasteiger partial charge in [0.1, 0.15) is 18.2 Å². The zero-order chi connectivity index (χ0) is 21.1. The first-order valence-electron chi connectivity index (χ1n) is 9.00. The summed E-state index contributed by atoms with van der Waals surface area (Å²) in [6.45, 7) is 0.319. The van der Waals surface area contributed by atoms with Crippen molar-refractivity contribution >= 4 is 46.3 Å². The second-order valence-electron chi connectivity index (χ2n) is 6.48. The van der Waals surface area contributed by atoms with Gasteiger partial charge >= 0.3 is 0 Å². The molecule has 0 radical (unpaired) electrons. The van der Waals surface area contributed by atoms with Crippen LogP contribution in [0.5, 0.6) is 5.75 Å². The van der Waals surface area contributed by atoms with E-state index in [2.05, 4.69) is 0 Å². The fraction of sp³-hybridized carbons (Fsp3) is 0.0435. The lowest BCUT2D eigenvalue weighted by Gasteiger charge is -2.12. The molecule has 1 heterocycles. The fourth-order valence-electron chi connectivity index (χ4n) is 2.84. The highest BCUT2D eigenvalue weighted by atomic mass is 35.5. The highest BCUT2D eigenvalue weighted by Gasteiger charge is 2.36. The minimum Gasteiger partial charge on any atom is -0.489 e. The van der Waals surface area contributed by atoms with E-state index in [1.807, 2.05) is 0 Å². The van der Waals surface area contributed by atoms with Crippen LogP contribution in [0.3, 0.4) is 0 Å². The fourth-order valence-corrected chi connectivity index (χ4v) is 3.81. The number of benzene rings is 3. The van der Waals surface area contributed by atoms with E-state index < -0.39 is 0 Å². The van der Waals surface area contributed by atoms with Gasteiger partial charge in [-0.3, -0.25) is 9.59 Å². The molecule has 0 spiro atoms. The molecular formula is C23H15ClFNO3S. The van der Waals surface area contributed by atoms with Crippen molar-refractivity contribution < 1.29 is 18.7 Å². The number of imide groups is 1. The molecule has 0 unspecified atom stereocenters. The van der Waals surface area contributed by atoms with Gasteiger partial charge in [-0.15, -0.1) is 0 Å². The number of rotatable bonds is 5. The van der Waals surface area contributed by atoms with Crippen LogP contribution < -0.4 is 9.64 Å². The minimum atomic E-state index is -0.371. The third kappa shape index (κ3) is 4.56. The molecule has 1 aliphatic heterocycles.